The van der Waals surface area contributed by atoms with E-state index >= 15 is 0 Å². The zero-order valence-electron chi connectivity index (χ0n) is 12.5. The monoisotopic (exact) mass is 315 g/mol. The number of amides is 2. The maximum absolute atomic E-state index is 12.1. The fourth-order valence-corrected chi connectivity index (χ4v) is 2.65. The molecule has 2 amide bonds. The fourth-order valence-electron chi connectivity index (χ4n) is 2.30. The van der Waals surface area contributed by atoms with E-state index in [0.29, 0.717) is 6.54 Å². The lowest BCUT2D eigenvalue weighted by atomic mass is 10.2. The van der Waals surface area contributed by atoms with E-state index in [9.17, 15) is 4.79 Å². The second kappa shape index (κ2) is 6.23. The summed E-state index contributed by atoms with van der Waals surface area (Å²) in [5.41, 5.74) is 1.78. The first-order chi connectivity index (χ1) is 10.7. The van der Waals surface area contributed by atoms with E-state index in [0.717, 1.165) is 28.9 Å². The van der Waals surface area contributed by atoms with Crippen molar-refractivity contribution in [3.05, 3.63) is 36.5 Å². The number of anilines is 3. The molecular weight excluding hydrogens is 298 g/mol. The fraction of sp³-hybridized carbons (Fsp3) is 0.267. The quantitative estimate of drug-likeness (QED) is 0.694. The van der Waals surface area contributed by atoms with Crippen LogP contribution in [0.25, 0.3) is 0 Å². The minimum absolute atomic E-state index is 0.0313. The van der Waals surface area contributed by atoms with E-state index in [4.69, 9.17) is 0 Å². The smallest absolute Gasteiger partial charge is 0.324 e. The highest BCUT2D eigenvalue weighted by Crippen LogP contribution is 2.25. The number of carbonyl (C=O) groups excluding carboxylic acids is 1. The number of likely N-dealkylation sites (N-methyl/N-ethyl adjacent to an activating group) is 1. The van der Waals surface area contributed by atoms with Gasteiger partial charge in [0.1, 0.15) is 5.82 Å². The average molecular weight is 315 g/mol. The van der Waals surface area contributed by atoms with Crippen molar-refractivity contribution in [3.63, 3.8) is 0 Å². The van der Waals surface area contributed by atoms with E-state index in [2.05, 4.69) is 15.3 Å². The van der Waals surface area contributed by atoms with Gasteiger partial charge in [-0.05, 0) is 30.5 Å². The summed E-state index contributed by atoms with van der Waals surface area (Å²) in [6.07, 6.45) is 3.67. The van der Waals surface area contributed by atoms with Crippen LogP contribution in [0.2, 0.25) is 0 Å². The van der Waals surface area contributed by atoms with Gasteiger partial charge in [0.2, 0.25) is 0 Å². The third kappa shape index (κ3) is 2.99. The van der Waals surface area contributed by atoms with Crippen LogP contribution in [0, 0.1) is 0 Å². The molecule has 0 bridgehead atoms. The van der Waals surface area contributed by atoms with Crippen LogP contribution in [0.15, 0.2) is 41.7 Å². The van der Waals surface area contributed by atoms with Crippen molar-refractivity contribution in [2.24, 2.45) is 0 Å². The summed E-state index contributed by atoms with van der Waals surface area (Å²) in [6, 6.07) is 9.63. The van der Waals surface area contributed by atoms with Gasteiger partial charge in [-0.15, -0.1) is 0 Å². The van der Waals surface area contributed by atoms with Gasteiger partial charge in [-0.1, -0.05) is 17.8 Å². The van der Waals surface area contributed by atoms with E-state index in [-0.39, 0.29) is 6.03 Å². The van der Waals surface area contributed by atoms with Crippen molar-refractivity contribution < 1.29 is 4.79 Å². The van der Waals surface area contributed by atoms with Gasteiger partial charge in [0.15, 0.2) is 5.16 Å². The largest absolute Gasteiger partial charge is 0.340 e. The van der Waals surface area contributed by atoms with Crippen LogP contribution in [0.4, 0.5) is 22.0 Å². The van der Waals surface area contributed by atoms with Gasteiger partial charge < -0.3 is 10.2 Å². The topological polar surface area (TPSA) is 61.4 Å². The number of rotatable bonds is 4. The Balaban J connectivity index is 1.80. The molecule has 1 aliphatic heterocycles. The molecule has 1 saturated heterocycles. The van der Waals surface area contributed by atoms with Crippen LogP contribution in [-0.2, 0) is 0 Å². The molecule has 0 unspecified atom stereocenters. The van der Waals surface area contributed by atoms with Gasteiger partial charge in [-0.25, -0.2) is 14.8 Å². The molecule has 2 heterocycles. The lowest BCUT2D eigenvalue weighted by Crippen LogP contribution is -2.29. The van der Waals surface area contributed by atoms with Gasteiger partial charge in [-0.3, -0.25) is 4.90 Å². The zero-order valence-corrected chi connectivity index (χ0v) is 13.3. The number of aromatic nitrogens is 2. The lowest BCUT2D eigenvalue weighted by molar-refractivity contribution is 0.229. The van der Waals surface area contributed by atoms with E-state index in [1.807, 2.05) is 43.6 Å². The number of urea groups is 1. The molecule has 1 aliphatic rings. The van der Waals surface area contributed by atoms with Crippen molar-refractivity contribution >= 4 is 35.0 Å². The molecule has 2 aromatic rings. The first-order valence-electron chi connectivity index (χ1n) is 6.94. The van der Waals surface area contributed by atoms with Gasteiger partial charge in [0, 0.05) is 37.7 Å². The number of nitrogens with zero attached hydrogens (tertiary/aromatic N) is 4. The number of carbonyl (C=O) groups is 1. The minimum Gasteiger partial charge on any atom is -0.340 e. The standard InChI is InChI=1S/C15H17N5OS/c1-19-8-9-20(15(19)21)12-5-3-4-11(10-12)17-13-6-7-16-14(18-13)22-2/h3-7,10H,8-9H2,1-2H3,(H,16,17,18). The minimum atomic E-state index is 0.0313. The molecule has 7 heteroatoms. The Morgan fingerprint density at radius 3 is 2.86 bits per heavy atom. The van der Waals surface area contributed by atoms with Crippen LogP contribution in [0.1, 0.15) is 0 Å². The third-order valence-electron chi connectivity index (χ3n) is 3.46. The van der Waals surface area contributed by atoms with Gasteiger partial charge in [-0.2, -0.15) is 0 Å². The Morgan fingerprint density at radius 1 is 1.27 bits per heavy atom. The van der Waals surface area contributed by atoms with Crippen molar-refractivity contribution in [3.8, 4) is 0 Å². The van der Waals surface area contributed by atoms with Gasteiger partial charge in [0.25, 0.3) is 0 Å². The van der Waals surface area contributed by atoms with Crippen LogP contribution in [0.3, 0.4) is 0 Å². The van der Waals surface area contributed by atoms with Crippen LogP contribution >= 0.6 is 11.8 Å². The summed E-state index contributed by atoms with van der Waals surface area (Å²) in [5.74, 6) is 0.737. The number of thioether (sulfide) groups is 1. The zero-order chi connectivity index (χ0) is 15.5. The van der Waals surface area contributed by atoms with Crippen molar-refractivity contribution in [2.75, 3.05) is 36.6 Å². The van der Waals surface area contributed by atoms with E-state index in [1.165, 1.54) is 11.8 Å². The summed E-state index contributed by atoms with van der Waals surface area (Å²) in [6.45, 7) is 1.46. The molecule has 0 spiro atoms. The van der Waals surface area contributed by atoms with E-state index in [1.54, 1.807) is 16.0 Å². The Morgan fingerprint density at radius 2 is 2.14 bits per heavy atom. The molecule has 6 nitrogen and oxygen atoms in total. The maximum Gasteiger partial charge on any atom is 0.324 e. The second-order valence-electron chi connectivity index (χ2n) is 4.96. The summed E-state index contributed by atoms with van der Waals surface area (Å²) < 4.78 is 0. The molecule has 3 rings (SSSR count). The van der Waals surface area contributed by atoms with Crippen LogP contribution in [0.5, 0.6) is 0 Å². The summed E-state index contributed by atoms with van der Waals surface area (Å²) in [4.78, 5) is 24.1. The number of nitrogens with one attached hydrogen (secondary N) is 1. The normalized spacial score (nSPS) is 14.5. The van der Waals surface area contributed by atoms with Crippen LogP contribution in [-0.4, -0.2) is 47.3 Å². The molecule has 1 fully saturated rings. The molecular formula is C15H17N5OS. The van der Waals surface area contributed by atoms with Crippen LogP contribution < -0.4 is 10.2 Å². The third-order valence-corrected chi connectivity index (χ3v) is 4.02. The predicted molar refractivity (Wildman–Crippen MR) is 88.9 cm³/mol. The highest BCUT2D eigenvalue weighted by molar-refractivity contribution is 7.98. The highest BCUT2D eigenvalue weighted by Gasteiger charge is 2.26. The Bertz CT molecular complexity index is 693. The molecule has 0 radical (unpaired) electrons. The molecule has 22 heavy (non-hydrogen) atoms. The lowest BCUT2D eigenvalue weighted by Gasteiger charge is -2.17. The number of hydrogen-bond donors (Lipinski definition) is 1. The molecule has 0 aliphatic carbocycles. The van der Waals surface area contributed by atoms with Gasteiger partial charge >= 0.3 is 6.03 Å². The Kier molecular flexibility index (Phi) is 4.15. The Hall–Kier alpha value is -2.28. The second-order valence-corrected chi connectivity index (χ2v) is 5.73. The molecule has 0 atom stereocenters. The number of benzene rings is 1. The van der Waals surface area contributed by atoms with Crippen molar-refractivity contribution in [1.82, 2.24) is 14.9 Å². The molecule has 1 aromatic heterocycles. The first-order valence-corrected chi connectivity index (χ1v) is 8.16. The highest BCUT2D eigenvalue weighted by atomic mass is 32.2. The Labute approximate surface area is 133 Å². The molecule has 1 N–H and O–H groups in total. The number of hydrogen-bond acceptors (Lipinski definition) is 5. The summed E-state index contributed by atoms with van der Waals surface area (Å²) in [5, 5.41) is 3.97. The SMILES string of the molecule is CSc1nccc(Nc2cccc(N3CCN(C)C3=O)c2)n1. The average Bonchev–Trinajstić information content (AvgIpc) is 2.87. The summed E-state index contributed by atoms with van der Waals surface area (Å²) >= 11 is 1.50. The maximum atomic E-state index is 12.1. The predicted octanol–water partition coefficient (Wildman–Crippen LogP) is 2.81. The van der Waals surface area contributed by atoms with Crippen molar-refractivity contribution in [1.29, 1.82) is 0 Å². The molecule has 1 aromatic carbocycles. The molecule has 114 valence electrons. The molecule has 0 saturated carbocycles. The summed E-state index contributed by atoms with van der Waals surface area (Å²) in [7, 11) is 1.81. The van der Waals surface area contributed by atoms with E-state index < -0.39 is 0 Å². The first kappa shape index (κ1) is 14.6. The van der Waals surface area contributed by atoms with Crippen molar-refractivity contribution in [2.45, 2.75) is 5.16 Å². The van der Waals surface area contributed by atoms with Gasteiger partial charge in [0.05, 0.1) is 0 Å².